The van der Waals surface area contributed by atoms with E-state index in [4.69, 9.17) is 4.42 Å². The quantitative estimate of drug-likeness (QED) is 0.760. The van der Waals surface area contributed by atoms with E-state index < -0.39 is 6.10 Å². The van der Waals surface area contributed by atoms with Crippen molar-refractivity contribution in [2.24, 2.45) is 0 Å². The zero-order valence-electron chi connectivity index (χ0n) is 11.6. The van der Waals surface area contributed by atoms with Crippen molar-refractivity contribution in [3.63, 3.8) is 0 Å². The van der Waals surface area contributed by atoms with Crippen molar-refractivity contribution in [1.29, 1.82) is 0 Å². The lowest BCUT2D eigenvalue weighted by Crippen LogP contribution is -2.16. The molecule has 1 atom stereocenters. The molecule has 3 heterocycles. The molecule has 0 fully saturated rings. The molecule has 0 saturated heterocycles. The van der Waals surface area contributed by atoms with E-state index in [1.54, 1.807) is 6.92 Å². The molecule has 0 amide bonds. The van der Waals surface area contributed by atoms with Gasteiger partial charge in [0.15, 0.2) is 11.4 Å². The summed E-state index contributed by atoms with van der Waals surface area (Å²) in [6.07, 6.45) is 1.02. The first-order valence-electron chi connectivity index (χ1n) is 6.49. The monoisotopic (exact) mass is 272 g/mol. The van der Waals surface area contributed by atoms with Gasteiger partial charge in [-0.25, -0.2) is 15.0 Å². The van der Waals surface area contributed by atoms with Crippen LogP contribution in [0.2, 0.25) is 0 Å². The first-order chi connectivity index (χ1) is 9.56. The highest BCUT2D eigenvalue weighted by atomic mass is 16.3. The van der Waals surface area contributed by atoms with E-state index >= 15 is 0 Å². The molecule has 0 aliphatic carbocycles. The molecule has 0 saturated carbocycles. The summed E-state index contributed by atoms with van der Waals surface area (Å²) in [6, 6.07) is 2.00. The van der Waals surface area contributed by atoms with Gasteiger partial charge in [0.1, 0.15) is 11.8 Å². The molecule has 0 aliphatic rings. The lowest BCUT2D eigenvalue weighted by Gasteiger charge is -2.06. The molecule has 3 aromatic heterocycles. The summed E-state index contributed by atoms with van der Waals surface area (Å²) in [5, 5.41) is 13.3. The molecule has 0 spiro atoms. The van der Waals surface area contributed by atoms with E-state index in [1.807, 2.05) is 19.9 Å². The molecule has 3 aromatic rings. The molecule has 0 aromatic carbocycles. The lowest BCUT2D eigenvalue weighted by molar-refractivity contribution is 0.208. The predicted octanol–water partition coefficient (Wildman–Crippen LogP) is 2.18. The van der Waals surface area contributed by atoms with Crippen molar-refractivity contribution in [3.05, 3.63) is 23.7 Å². The zero-order valence-corrected chi connectivity index (χ0v) is 11.6. The molecular weight excluding hydrogens is 256 g/mol. The maximum Gasteiger partial charge on any atom is 0.229 e. The minimum absolute atomic E-state index is 0.397. The average molecular weight is 272 g/mol. The van der Waals surface area contributed by atoms with Crippen molar-refractivity contribution < 1.29 is 9.52 Å². The van der Waals surface area contributed by atoms with Gasteiger partial charge < -0.3 is 14.8 Å². The molecular formula is C14H16N4O2. The Bertz CT molecular complexity index is 780. The topological polar surface area (TPSA) is 84.1 Å². The average Bonchev–Trinajstić information content (AvgIpc) is 2.74. The minimum Gasteiger partial charge on any atom is -0.432 e. The summed E-state index contributed by atoms with van der Waals surface area (Å²) in [5.41, 5.74) is 3.86. The standard InChI is InChI=1S/C14H16N4O2/c1-7-4-8(2)18-14-10(7)11-12(20-14)13(17-6-16-11)15-5-9(3)19/h4,6,9,19H,5H2,1-3H3,(H,15,16,17). The Kier molecular flexibility index (Phi) is 3.02. The lowest BCUT2D eigenvalue weighted by atomic mass is 10.1. The van der Waals surface area contributed by atoms with Gasteiger partial charge in [-0.05, 0) is 32.4 Å². The molecule has 0 aliphatic heterocycles. The summed E-state index contributed by atoms with van der Waals surface area (Å²) in [5.74, 6) is 0.575. The molecule has 20 heavy (non-hydrogen) atoms. The third-order valence-corrected chi connectivity index (χ3v) is 3.12. The number of aromatic nitrogens is 3. The smallest absolute Gasteiger partial charge is 0.229 e. The molecule has 1 unspecified atom stereocenters. The van der Waals surface area contributed by atoms with Crippen LogP contribution in [0.3, 0.4) is 0 Å². The van der Waals surface area contributed by atoms with Gasteiger partial charge in [-0.3, -0.25) is 0 Å². The maximum absolute atomic E-state index is 9.36. The summed E-state index contributed by atoms with van der Waals surface area (Å²) >= 11 is 0. The number of nitrogens with one attached hydrogen (secondary N) is 1. The third kappa shape index (κ3) is 2.08. The number of aliphatic hydroxyl groups is 1. The van der Waals surface area contributed by atoms with Crippen LogP contribution in [0.4, 0.5) is 5.82 Å². The predicted molar refractivity (Wildman–Crippen MR) is 76.7 cm³/mol. The number of nitrogens with zero attached hydrogens (tertiary/aromatic N) is 3. The fourth-order valence-electron chi connectivity index (χ4n) is 2.28. The van der Waals surface area contributed by atoms with Crippen molar-refractivity contribution in [2.45, 2.75) is 26.9 Å². The van der Waals surface area contributed by atoms with Crippen molar-refractivity contribution in [1.82, 2.24) is 15.0 Å². The normalized spacial score (nSPS) is 13.0. The maximum atomic E-state index is 9.36. The molecule has 0 radical (unpaired) electrons. The summed E-state index contributed by atoms with van der Waals surface area (Å²) in [7, 11) is 0. The molecule has 104 valence electrons. The first kappa shape index (κ1) is 12.8. The minimum atomic E-state index is -0.466. The molecule has 6 heteroatoms. The van der Waals surface area contributed by atoms with Crippen LogP contribution in [0.25, 0.3) is 22.2 Å². The van der Waals surface area contributed by atoms with Crippen LogP contribution >= 0.6 is 0 Å². The van der Waals surface area contributed by atoms with Gasteiger partial charge in [-0.2, -0.15) is 0 Å². The van der Waals surface area contributed by atoms with Gasteiger partial charge >= 0.3 is 0 Å². The van der Waals surface area contributed by atoms with Crippen LogP contribution in [-0.4, -0.2) is 32.7 Å². The van der Waals surface area contributed by atoms with Gasteiger partial charge in [0, 0.05) is 12.2 Å². The number of pyridine rings is 1. The fraction of sp³-hybridized carbons (Fsp3) is 0.357. The van der Waals surface area contributed by atoms with Crippen molar-refractivity contribution >= 4 is 28.0 Å². The van der Waals surface area contributed by atoms with E-state index in [-0.39, 0.29) is 0 Å². The Hall–Kier alpha value is -2.21. The van der Waals surface area contributed by atoms with E-state index in [0.717, 1.165) is 22.2 Å². The molecule has 6 nitrogen and oxygen atoms in total. The number of aliphatic hydroxyl groups excluding tert-OH is 1. The Morgan fingerprint density at radius 3 is 2.90 bits per heavy atom. The van der Waals surface area contributed by atoms with Crippen LogP contribution in [0, 0.1) is 13.8 Å². The van der Waals surface area contributed by atoms with Gasteiger partial charge in [-0.1, -0.05) is 0 Å². The Morgan fingerprint density at radius 1 is 1.35 bits per heavy atom. The van der Waals surface area contributed by atoms with Crippen LogP contribution in [0.5, 0.6) is 0 Å². The first-order valence-corrected chi connectivity index (χ1v) is 6.49. The SMILES string of the molecule is Cc1cc(C)c2c(n1)oc1c(NCC(C)O)ncnc12. The van der Waals surface area contributed by atoms with E-state index in [0.29, 0.717) is 23.7 Å². The molecule has 0 bridgehead atoms. The number of furan rings is 1. The van der Waals surface area contributed by atoms with Gasteiger partial charge in [-0.15, -0.1) is 0 Å². The Morgan fingerprint density at radius 2 is 2.15 bits per heavy atom. The summed E-state index contributed by atoms with van der Waals surface area (Å²) in [6.45, 7) is 6.04. The van der Waals surface area contributed by atoms with Crippen LogP contribution < -0.4 is 5.32 Å². The number of rotatable bonds is 3. The molecule has 3 rings (SSSR count). The second-order valence-electron chi connectivity index (χ2n) is 4.99. The second kappa shape index (κ2) is 4.72. The van der Waals surface area contributed by atoms with Crippen LogP contribution in [0.1, 0.15) is 18.2 Å². The second-order valence-corrected chi connectivity index (χ2v) is 4.99. The number of hydrogen-bond donors (Lipinski definition) is 2. The fourth-order valence-corrected chi connectivity index (χ4v) is 2.28. The van der Waals surface area contributed by atoms with Gasteiger partial charge in [0.05, 0.1) is 11.5 Å². The van der Waals surface area contributed by atoms with Crippen molar-refractivity contribution in [2.75, 3.05) is 11.9 Å². The number of aryl methyl sites for hydroxylation is 2. The van der Waals surface area contributed by atoms with Gasteiger partial charge in [0.2, 0.25) is 5.71 Å². The highest BCUT2D eigenvalue weighted by Crippen LogP contribution is 2.31. The van der Waals surface area contributed by atoms with Gasteiger partial charge in [0.25, 0.3) is 0 Å². The van der Waals surface area contributed by atoms with Crippen LogP contribution in [0.15, 0.2) is 16.8 Å². The Labute approximate surface area is 115 Å². The highest BCUT2D eigenvalue weighted by Gasteiger charge is 2.16. The Balaban J connectivity index is 2.22. The third-order valence-electron chi connectivity index (χ3n) is 3.12. The summed E-state index contributed by atoms with van der Waals surface area (Å²) < 4.78 is 5.80. The molecule has 2 N–H and O–H groups in total. The van der Waals surface area contributed by atoms with E-state index in [1.165, 1.54) is 6.33 Å². The number of hydrogen-bond acceptors (Lipinski definition) is 6. The van der Waals surface area contributed by atoms with E-state index in [2.05, 4.69) is 20.3 Å². The van der Waals surface area contributed by atoms with E-state index in [9.17, 15) is 5.11 Å². The van der Waals surface area contributed by atoms with Crippen LogP contribution in [-0.2, 0) is 0 Å². The number of anilines is 1. The van der Waals surface area contributed by atoms with Crippen molar-refractivity contribution in [3.8, 4) is 0 Å². The number of fused-ring (bicyclic) bond motifs is 3. The largest absolute Gasteiger partial charge is 0.432 e. The zero-order chi connectivity index (χ0) is 14.3. The summed E-state index contributed by atoms with van der Waals surface area (Å²) in [4.78, 5) is 12.9. The highest BCUT2D eigenvalue weighted by molar-refractivity contribution is 6.05.